The van der Waals surface area contributed by atoms with Gasteiger partial charge in [-0.15, -0.1) is 17.9 Å². The van der Waals surface area contributed by atoms with Crippen molar-refractivity contribution in [3.05, 3.63) is 82.7 Å². The third-order valence-corrected chi connectivity index (χ3v) is 3.74. The molecule has 0 saturated carbocycles. The first-order chi connectivity index (χ1) is 9.27. The number of benzene rings is 1. The second-order valence-corrected chi connectivity index (χ2v) is 5.26. The van der Waals surface area contributed by atoms with Crippen molar-refractivity contribution in [2.24, 2.45) is 0 Å². The molecule has 0 saturated heterocycles. The van der Waals surface area contributed by atoms with Crippen LogP contribution in [0.25, 0.3) is 5.73 Å². The van der Waals surface area contributed by atoms with E-state index in [-0.39, 0.29) is 21.1 Å². The molecule has 0 aliphatic heterocycles. The van der Waals surface area contributed by atoms with Gasteiger partial charge in [-0.25, -0.2) is 0 Å². The molecule has 0 radical (unpaired) electrons. The zero-order valence-corrected chi connectivity index (χ0v) is 15.6. The van der Waals surface area contributed by atoms with Crippen LogP contribution in [0.1, 0.15) is 22.4 Å². The molecule has 106 valence electrons. The van der Waals surface area contributed by atoms with Crippen LogP contribution >= 0.6 is 11.3 Å². The van der Waals surface area contributed by atoms with E-state index in [0.717, 1.165) is 6.20 Å². The molecule has 0 unspecified atom stereocenters. The molecule has 1 aromatic carbocycles. The van der Waals surface area contributed by atoms with Crippen molar-refractivity contribution in [2.45, 2.75) is 26.2 Å². The van der Waals surface area contributed by atoms with Gasteiger partial charge in [0, 0.05) is 4.88 Å². The van der Waals surface area contributed by atoms with Gasteiger partial charge < -0.3 is 12.2 Å². The molecule has 1 N–H and O–H groups in total. The van der Waals surface area contributed by atoms with Gasteiger partial charge in [0.15, 0.2) is 0 Å². The number of hydrogen-bond donors (Lipinski definition) is 0. The van der Waals surface area contributed by atoms with Gasteiger partial charge in [-0.1, -0.05) is 47.5 Å². The van der Waals surface area contributed by atoms with Crippen LogP contribution in [-0.2, 0) is 33.9 Å². The van der Waals surface area contributed by atoms with Gasteiger partial charge >= 0.3 is 21.1 Å². The SMILES string of the molecule is C=C[NH-].Cc1ccccc1.[W+2].c1cc2c(s1)CC[CH-]C2. The van der Waals surface area contributed by atoms with E-state index in [1.54, 1.807) is 10.4 Å². The number of hydrogen-bond acceptors (Lipinski definition) is 1. The zero-order valence-electron chi connectivity index (χ0n) is 11.8. The minimum Gasteiger partial charge on any atom is -0.705 e. The molecule has 1 heterocycles. The van der Waals surface area contributed by atoms with E-state index in [0.29, 0.717) is 0 Å². The van der Waals surface area contributed by atoms with Crippen LogP contribution in [0, 0.1) is 13.3 Å². The van der Waals surface area contributed by atoms with E-state index in [1.807, 2.05) is 29.5 Å². The van der Waals surface area contributed by atoms with Crippen molar-refractivity contribution in [1.82, 2.24) is 0 Å². The normalized spacial score (nSPS) is 11.4. The Morgan fingerprint density at radius 1 is 1.25 bits per heavy atom. The Hall–Kier alpha value is -0.852. The summed E-state index contributed by atoms with van der Waals surface area (Å²) in [6.07, 6.45) is 7.15. The first-order valence-corrected chi connectivity index (χ1v) is 7.32. The van der Waals surface area contributed by atoms with Gasteiger partial charge in [0.05, 0.1) is 0 Å². The number of nitrogens with one attached hydrogen (secondary N) is 1. The monoisotopic (exact) mass is 455 g/mol. The Balaban J connectivity index is 0.000000297. The minimum absolute atomic E-state index is 0. The van der Waals surface area contributed by atoms with Gasteiger partial charge in [0.25, 0.3) is 0 Å². The average molecular weight is 455 g/mol. The van der Waals surface area contributed by atoms with E-state index in [1.165, 1.54) is 24.8 Å². The largest absolute Gasteiger partial charge is 2.00 e. The summed E-state index contributed by atoms with van der Waals surface area (Å²) >= 11 is 1.91. The van der Waals surface area contributed by atoms with Crippen LogP contribution in [0.4, 0.5) is 0 Å². The second kappa shape index (κ2) is 11.9. The number of thiophene rings is 1. The van der Waals surface area contributed by atoms with E-state index < -0.39 is 0 Å². The van der Waals surface area contributed by atoms with Gasteiger partial charge in [-0.2, -0.15) is 19.0 Å². The molecule has 1 aliphatic rings. The van der Waals surface area contributed by atoms with Crippen LogP contribution in [-0.4, -0.2) is 0 Å². The first kappa shape index (κ1) is 19.1. The zero-order chi connectivity index (χ0) is 13.9. The number of rotatable bonds is 0. The quantitative estimate of drug-likeness (QED) is 0.461. The van der Waals surface area contributed by atoms with E-state index in [4.69, 9.17) is 5.73 Å². The molecule has 0 atom stereocenters. The summed E-state index contributed by atoms with van der Waals surface area (Å²) in [4.78, 5) is 1.61. The van der Waals surface area contributed by atoms with Crippen molar-refractivity contribution >= 4 is 11.3 Å². The summed E-state index contributed by atoms with van der Waals surface area (Å²) < 4.78 is 0. The molecular formula is C17H21NSW. The summed E-state index contributed by atoms with van der Waals surface area (Å²) in [5, 5.41) is 2.20. The molecule has 0 amide bonds. The standard InChI is InChI=1S/C8H9S.C7H8.C2H4N.W/c1-2-4-8-7(3-1)5-6-9-8;1-7-5-3-2-4-6-7;1-2-3;/h1,5-6H,2-4H2;2-6H,1H3;2-3H,1H2;/q-1;;-1;+2. The van der Waals surface area contributed by atoms with E-state index in [9.17, 15) is 0 Å². The van der Waals surface area contributed by atoms with Gasteiger partial charge in [0.1, 0.15) is 0 Å². The third kappa shape index (κ3) is 7.67. The van der Waals surface area contributed by atoms with E-state index >= 15 is 0 Å². The summed E-state index contributed by atoms with van der Waals surface area (Å²) in [7, 11) is 0. The smallest absolute Gasteiger partial charge is 0.705 e. The summed E-state index contributed by atoms with van der Waals surface area (Å²) in [6.45, 7) is 5.11. The molecule has 1 aliphatic carbocycles. The van der Waals surface area contributed by atoms with Crippen LogP contribution in [0.15, 0.2) is 54.6 Å². The van der Waals surface area contributed by atoms with Crippen molar-refractivity contribution in [3.8, 4) is 0 Å². The van der Waals surface area contributed by atoms with Crippen molar-refractivity contribution in [3.63, 3.8) is 0 Å². The summed E-state index contributed by atoms with van der Waals surface area (Å²) in [5.41, 5.74) is 8.86. The Labute approximate surface area is 141 Å². The predicted octanol–water partition coefficient (Wildman–Crippen LogP) is 5.62. The maximum absolute atomic E-state index is 5.97. The van der Waals surface area contributed by atoms with Crippen molar-refractivity contribution in [1.29, 1.82) is 0 Å². The molecule has 0 bridgehead atoms. The van der Waals surface area contributed by atoms with Crippen LogP contribution in [0.3, 0.4) is 0 Å². The van der Waals surface area contributed by atoms with Crippen LogP contribution in [0.5, 0.6) is 0 Å². The fourth-order valence-corrected chi connectivity index (χ4v) is 2.73. The fourth-order valence-electron chi connectivity index (χ4n) is 1.79. The van der Waals surface area contributed by atoms with Gasteiger partial charge in [-0.05, 0) is 18.7 Å². The molecule has 1 aromatic heterocycles. The van der Waals surface area contributed by atoms with Crippen molar-refractivity contribution in [2.75, 3.05) is 0 Å². The molecule has 1 nitrogen and oxygen atoms in total. The molecular weight excluding hydrogens is 434 g/mol. The molecule has 20 heavy (non-hydrogen) atoms. The minimum atomic E-state index is 0. The molecule has 2 aromatic rings. The van der Waals surface area contributed by atoms with Crippen LogP contribution < -0.4 is 0 Å². The topological polar surface area (TPSA) is 23.8 Å². The Morgan fingerprint density at radius 2 is 1.90 bits per heavy atom. The molecule has 3 rings (SSSR count). The summed E-state index contributed by atoms with van der Waals surface area (Å²) in [6, 6.07) is 12.5. The average Bonchev–Trinajstić information content (AvgIpc) is 2.89. The fraction of sp³-hybridized carbons (Fsp3) is 0.235. The van der Waals surface area contributed by atoms with Crippen molar-refractivity contribution < 1.29 is 21.1 Å². The first-order valence-electron chi connectivity index (χ1n) is 6.44. The molecule has 0 fully saturated rings. The third-order valence-electron chi connectivity index (χ3n) is 2.72. The van der Waals surface area contributed by atoms with Crippen LogP contribution in [0.2, 0.25) is 0 Å². The van der Waals surface area contributed by atoms with E-state index in [2.05, 4.69) is 43.5 Å². The molecule has 3 heteroatoms. The second-order valence-electron chi connectivity index (χ2n) is 4.26. The Bertz CT molecular complexity index is 444. The Morgan fingerprint density at radius 3 is 2.40 bits per heavy atom. The maximum atomic E-state index is 5.97. The predicted molar refractivity (Wildman–Crippen MR) is 86.3 cm³/mol. The number of aryl methyl sites for hydroxylation is 2. The summed E-state index contributed by atoms with van der Waals surface area (Å²) in [5.74, 6) is 0. The molecule has 0 spiro atoms. The Kier molecular flexibility index (Phi) is 11.4. The maximum Gasteiger partial charge on any atom is 2.00 e. The van der Waals surface area contributed by atoms with Gasteiger partial charge in [-0.3, -0.25) is 0 Å². The van der Waals surface area contributed by atoms with Gasteiger partial charge in [0.2, 0.25) is 0 Å². The number of fused-ring (bicyclic) bond motifs is 1.